The van der Waals surface area contributed by atoms with Gasteiger partial charge in [0.05, 0.1) is 102 Å². The Morgan fingerprint density at radius 2 is 1.09 bits per heavy atom. The van der Waals surface area contributed by atoms with Gasteiger partial charge in [-0.1, -0.05) is 19.1 Å². The summed E-state index contributed by atoms with van der Waals surface area (Å²) >= 11 is 0. The van der Waals surface area contributed by atoms with Gasteiger partial charge >= 0.3 is 11.9 Å². The molecule has 0 amide bonds. The van der Waals surface area contributed by atoms with E-state index >= 15 is 0 Å². The van der Waals surface area contributed by atoms with Crippen molar-refractivity contribution in [3.8, 4) is 57.5 Å². The van der Waals surface area contributed by atoms with Gasteiger partial charge in [-0.25, -0.2) is 0 Å². The first-order valence-corrected chi connectivity index (χ1v) is 22.9. The minimum absolute atomic E-state index is 0.0603. The van der Waals surface area contributed by atoms with Crippen molar-refractivity contribution in [2.45, 2.75) is 70.4 Å². The van der Waals surface area contributed by atoms with Crippen molar-refractivity contribution < 1.29 is 77.3 Å². The summed E-state index contributed by atoms with van der Waals surface area (Å²) in [4.78, 5) is 25.1. The number of phenols is 4. The first-order chi connectivity index (χ1) is 32.6. The molecule has 16 heteroatoms. The standard InChI is InChI=1S/C32H43NO9.C20H25NO5/c1-6-15-41-30(36)10-7-8-11-31(37)42-16-9-13-33(2)14-12-23-20-26(34)27(35)21-24(23)25(33)17-22-18-28(38-3)32(40-5)29(19-22)39-4;1-21-6-5-13-10-16(22)17(23)11-14(13)15(21)7-12-8-18(24-2)20(26-4)19(9-12)25-3/h7-8,18-21,25H,6,9-17H2,1-5H3,(H-,34,35);8-11,15,22-23H,5-7H2,1-4H3/p+2/b8-7+;. The van der Waals surface area contributed by atoms with Crippen molar-refractivity contribution in [1.29, 1.82) is 0 Å². The Hall–Kier alpha value is -6.52. The minimum Gasteiger partial charge on any atom is -0.504 e. The first kappa shape index (κ1) is 52.4. The normalized spacial score (nSPS) is 18.3. The number of fused-ring (bicyclic) bond motifs is 2. The number of esters is 2. The number of carbonyl (C=O) groups excluding carboxylic acids is 2. The Morgan fingerprint density at radius 3 is 1.57 bits per heavy atom. The second-order valence-electron chi connectivity index (χ2n) is 17.3. The molecule has 370 valence electrons. The smallest absolute Gasteiger partial charge is 0.309 e. The predicted octanol–water partition coefficient (Wildman–Crippen LogP) is 6.11. The van der Waals surface area contributed by atoms with E-state index in [4.69, 9.17) is 37.9 Å². The number of benzene rings is 4. The number of quaternary nitrogens is 2. The van der Waals surface area contributed by atoms with Crippen LogP contribution in [0.4, 0.5) is 0 Å². The highest BCUT2D eigenvalue weighted by molar-refractivity contribution is 5.73. The number of nitrogens with one attached hydrogen (secondary N) is 1. The minimum atomic E-state index is -0.353. The maximum Gasteiger partial charge on any atom is 0.309 e. The highest BCUT2D eigenvalue weighted by Gasteiger charge is 2.40. The molecule has 0 aliphatic carbocycles. The molecular weight excluding hydrogens is 877 g/mol. The molecule has 0 saturated carbocycles. The number of nitrogens with zero attached hydrogens (tertiary/aromatic N) is 1. The van der Waals surface area contributed by atoms with Gasteiger partial charge in [0.1, 0.15) is 12.1 Å². The lowest BCUT2D eigenvalue weighted by atomic mass is 9.86. The Kier molecular flexibility index (Phi) is 18.9. The molecule has 5 N–H and O–H groups in total. The zero-order valence-electron chi connectivity index (χ0n) is 40.9. The van der Waals surface area contributed by atoms with Crippen LogP contribution in [0.15, 0.2) is 60.7 Å². The maximum atomic E-state index is 12.2. The van der Waals surface area contributed by atoms with Crippen LogP contribution in [-0.2, 0) is 44.7 Å². The number of hydrogen-bond acceptors (Lipinski definition) is 14. The highest BCUT2D eigenvalue weighted by atomic mass is 16.5. The van der Waals surface area contributed by atoms with Gasteiger partial charge < -0.3 is 67.7 Å². The van der Waals surface area contributed by atoms with Crippen molar-refractivity contribution in [3.63, 3.8) is 0 Å². The number of hydrogen-bond donors (Lipinski definition) is 5. The molecule has 4 atom stereocenters. The summed E-state index contributed by atoms with van der Waals surface area (Å²) in [6.45, 7) is 5.08. The van der Waals surface area contributed by atoms with Crippen molar-refractivity contribution in [2.75, 3.05) is 89.6 Å². The SMILES string of the molecule is CCCOC(=O)C/C=C/CC(=O)OCCC[N+]1(C)CCc2cc(O)c(O)cc2C1Cc1cc(OC)c(OC)c(OC)c1.COc1cc(CC2c3cc(O)c(O)cc3CC[NH+]2C)cc(OC)c1OC. The Balaban J connectivity index is 0.000000283. The third-order valence-corrected chi connectivity index (χ3v) is 12.8. The van der Waals surface area contributed by atoms with E-state index in [9.17, 15) is 30.0 Å². The molecule has 2 heterocycles. The fourth-order valence-corrected chi connectivity index (χ4v) is 9.13. The molecule has 0 bridgehead atoms. The van der Waals surface area contributed by atoms with Crippen LogP contribution in [0.3, 0.4) is 0 Å². The predicted molar refractivity (Wildman–Crippen MR) is 255 cm³/mol. The van der Waals surface area contributed by atoms with Gasteiger partial charge in [-0.15, -0.1) is 0 Å². The number of likely N-dealkylation sites (N-methyl/N-ethyl adjacent to an activating group) is 2. The second-order valence-corrected chi connectivity index (χ2v) is 17.3. The molecule has 0 saturated heterocycles. The number of aromatic hydroxyl groups is 4. The summed E-state index contributed by atoms with van der Waals surface area (Å²) in [5.74, 6) is 2.38. The van der Waals surface area contributed by atoms with Crippen LogP contribution in [0.5, 0.6) is 57.5 Å². The van der Waals surface area contributed by atoms with Gasteiger partial charge in [0, 0.05) is 43.2 Å². The Morgan fingerprint density at radius 1 is 0.632 bits per heavy atom. The summed E-state index contributed by atoms with van der Waals surface area (Å²) in [6.07, 6.45) is 7.84. The average Bonchev–Trinajstić information content (AvgIpc) is 3.33. The summed E-state index contributed by atoms with van der Waals surface area (Å²) in [5.41, 5.74) is 6.14. The highest BCUT2D eigenvalue weighted by Crippen LogP contribution is 2.45. The number of rotatable bonds is 20. The fraction of sp³-hybridized carbons (Fsp3) is 0.462. The molecule has 2 aliphatic rings. The molecule has 0 aromatic heterocycles. The van der Waals surface area contributed by atoms with E-state index in [0.29, 0.717) is 58.4 Å². The number of carbonyl (C=O) groups is 2. The van der Waals surface area contributed by atoms with E-state index < -0.39 is 0 Å². The molecule has 2 aliphatic heterocycles. The van der Waals surface area contributed by atoms with E-state index in [-0.39, 0.29) is 66.5 Å². The summed E-state index contributed by atoms with van der Waals surface area (Å²) in [6, 6.07) is 14.6. The van der Waals surface area contributed by atoms with Crippen molar-refractivity contribution in [1.82, 2.24) is 0 Å². The van der Waals surface area contributed by atoms with E-state index in [0.717, 1.165) is 78.7 Å². The summed E-state index contributed by atoms with van der Waals surface area (Å²) in [5, 5.41) is 40.3. The van der Waals surface area contributed by atoms with E-state index in [1.54, 1.807) is 79.1 Å². The fourth-order valence-electron chi connectivity index (χ4n) is 9.13. The third-order valence-electron chi connectivity index (χ3n) is 12.8. The second kappa shape index (κ2) is 24.5. The van der Waals surface area contributed by atoms with Crippen LogP contribution in [-0.4, -0.2) is 126 Å². The lowest BCUT2D eigenvalue weighted by molar-refractivity contribution is -0.941. The number of ether oxygens (including phenoxy) is 8. The van der Waals surface area contributed by atoms with Crippen LogP contribution < -0.4 is 33.3 Å². The molecule has 0 fully saturated rings. The molecule has 4 aromatic carbocycles. The largest absolute Gasteiger partial charge is 0.504 e. The van der Waals surface area contributed by atoms with Crippen LogP contribution in [0, 0.1) is 0 Å². The number of phenolic OH excluding ortho intramolecular Hbond substituents is 4. The molecule has 68 heavy (non-hydrogen) atoms. The van der Waals surface area contributed by atoms with Crippen LogP contribution in [0.1, 0.15) is 78.1 Å². The lowest BCUT2D eigenvalue weighted by Crippen LogP contribution is -3.10. The molecule has 0 radical (unpaired) electrons. The van der Waals surface area contributed by atoms with Gasteiger partial charge in [-0.05, 0) is 77.2 Å². The van der Waals surface area contributed by atoms with Crippen molar-refractivity contribution in [3.05, 3.63) is 94.1 Å². The van der Waals surface area contributed by atoms with E-state index in [2.05, 4.69) is 14.1 Å². The maximum absolute atomic E-state index is 12.2. The monoisotopic (exact) mass is 946 g/mol. The van der Waals surface area contributed by atoms with Gasteiger partial charge in [0.2, 0.25) is 11.5 Å². The summed E-state index contributed by atoms with van der Waals surface area (Å²) < 4.78 is 44.0. The van der Waals surface area contributed by atoms with Crippen LogP contribution in [0.25, 0.3) is 0 Å². The number of methoxy groups -OCH3 is 6. The van der Waals surface area contributed by atoms with Crippen LogP contribution in [0.2, 0.25) is 0 Å². The molecule has 4 unspecified atom stereocenters. The summed E-state index contributed by atoms with van der Waals surface area (Å²) in [7, 11) is 13.8. The van der Waals surface area contributed by atoms with Gasteiger partial charge in [-0.2, -0.15) is 0 Å². The molecule has 0 spiro atoms. The molecule has 6 rings (SSSR count). The molecule has 4 aromatic rings. The van der Waals surface area contributed by atoms with Gasteiger partial charge in [0.25, 0.3) is 0 Å². The van der Waals surface area contributed by atoms with Crippen molar-refractivity contribution >= 4 is 11.9 Å². The zero-order valence-corrected chi connectivity index (χ0v) is 40.9. The Bertz CT molecular complexity index is 2330. The molecular formula is C52H70N2O14+2. The average molecular weight is 947 g/mol. The zero-order chi connectivity index (χ0) is 49.5. The van der Waals surface area contributed by atoms with Crippen molar-refractivity contribution in [2.24, 2.45) is 0 Å². The quantitative estimate of drug-likeness (QED) is 0.0224. The third kappa shape index (κ3) is 12.9. The van der Waals surface area contributed by atoms with Gasteiger partial charge in [0.15, 0.2) is 46.0 Å². The van der Waals surface area contributed by atoms with Gasteiger partial charge in [-0.3, -0.25) is 9.59 Å². The topological polar surface area (TPSA) is 193 Å². The van der Waals surface area contributed by atoms with E-state index in [1.165, 1.54) is 4.90 Å². The first-order valence-electron chi connectivity index (χ1n) is 22.9. The Labute approximate surface area is 399 Å². The lowest BCUT2D eigenvalue weighted by Gasteiger charge is -2.46. The molecule has 16 nitrogen and oxygen atoms in total. The van der Waals surface area contributed by atoms with Crippen LogP contribution >= 0.6 is 0 Å². The van der Waals surface area contributed by atoms with E-state index in [1.807, 2.05) is 31.2 Å².